The fraction of sp³-hybridized carbons (Fsp3) is 0.658. The number of carboxylic acid groups (broad SMARTS) is 1. The van der Waals surface area contributed by atoms with Gasteiger partial charge in [0.2, 0.25) is 35.4 Å². The number of hydrogen-bond donors (Lipinski definition) is 11. The van der Waals surface area contributed by atoms with Gasteiger partial charge in [-0.25, -0.2) is 14.8 Å². The van der Waals surface area contributed by atoms with Crippen LogP contribution >= 0.6 is 11.8 Å². The number of aliphatic carboxylic acids is 1. The van der Waals surface area contributed by atoms with Crippen molar-refractivity contribution in [1.82, 2.24) is 51.8 Å². The minimum absolute atomic E-state index is 0.0297. The second-order valence-electron chi connectivity index (χ2n) is 15.4. The number of aromatic amines is 2. The number of carboxylic acids is 1. The van der Waals surface area contributed by atoms with Crippen molar-refractivity contribution >= 4 is 53.2 Å². The van der Waals surface area contributed by atoms with Gasteiger partial charge in [-0.15, -0.1) is 0 Å². The SMILES string of the molecule is CC[C@H](C)[C@H](NC(=O)[C@@H](N)Cc1cnc[nH]1)C(=O)N[C@@H](CO)C(=O)N[C@@H](Cc1cnc[nH]1)C(=O)N[C@@H](CC(C)C)C(=O)N[C@@H](CCSC)C(=O)N[C@@H](CC(C)C)C(=O)O. The summed E-state index contributed by atoms with van der Waals surface area (Å²) in [5.41, 5.74) is 7.14. The molecule has 2 heterocycles. The van der Waals surface area contributed by atoms with Gasteiger partial charge in [0, 0.05) is 36.6 Å². The van der Waals surface area contributed by atoms with Crippen LogP contribution < -0.4 is 37.6 Å². The molecule has 330 valence electrons. The first kappa shape index (κ1) is 50.1. The molecule has 2 aromatic rings. The number of aliphatic hydroxyl groups is 1. The first-order chi connectivity index (χ1) is 27.9. The Morgan fingerprint density at radius 2 is 1.15 bits per heavy atom. The molecular weight excluding hydrogens is 787 g/mol. The zero-order valence-electron chi connectivity index (χ0n) is 34.9. The van der Waals surface area contributed by atoms with Crippen molar-refractivity contribution in [1.29, 1.82) is 0 Å². The maximum Gasteiger partial charge on any atom is 0.326 e. The Kier molecular flexibility index (Phi) is 21.6. The number of thioether (sulfide) groups is 1. The summed E-state index contributed by atoms with van der Waals surface area (Å²) < 4.78 is 0. The lowest BCUT2D eigenvalue weighted by Crippen LogP contribution is -2.61. The molecule has 8 atom stereocenters. The molecule has 59 heavy (non-hydrogen) atoms. The van der Waals surface area contributed by atoms with Crippen LogP contribution in [0, 0.1) is 17.8 Å². The minimum atomic E-state index is -1.56. The lowest BCUT2D eigenvalue weighted by Gasteiger charge is -2.28. The monoisotopic (exact) mass is 849 g/mol. The largest absolute Gasteiger partial charge is 0.480 e. The molecule has 12 N–H and O–H groups in total. The van der Waals surface area contributed by atoms with E-state index in [1.54, 1.807) is 6.92 Å². The van der Waals surface area contributed by atoms with Crippen molar-refractivity contribution in [3.05, 3.63) is 36.4 Å². The summed E-state index contributed by atoms with van der Waals surface area (Å²) in [7, 11) is 0. The topological polar surface area (TPSA) is 316 Å². The summed E-state index contributed by atoms with van der Waals surface area (Å²) >= 11 is 1.43. The standard InChI is InChI=1S/C38H63N11O9S/c1-8-22(6)31(49-32(51)25(39)13-23-15-40-18-42-23)37(56)48-30(17-50)36(55)46-28(14-24-16-41-19-43-24)35(54)45-27(11-20(2)3)34(53)44-26(9-10-59-7)33(52)47-29(38(57)58)12-21(4)5/h15-16,18-22,25-31,50H,8-14,17,39H2,1-7H3,(H,40,42)(H,41,43)(H,44,53)(H,45,54)(H,46,55)(H,47,52)(H,48,56)(H,49,51)(H,57,58)/t22-,25-,26-,27-,28-,29-,30-,31-/m0/s1. The van der Waals surface area contributed by atoms with E-state index < -0.39 is 96.2 Å². The third-order valence-electron chi connectivity index (χ3n) is 9.46. The number of amides is 6. The summed E-state index contributed by atoms with van der Waals surface area (Å²) in [4.78, 5) is 107. The van der Waals surface area contributed by atoms with Crippen LogP contribution in [0.1, 0.15) is 78.6 Å². The van der Waals surface area contributed by atoms with Gasteiger partial charge in [0.1, 0.15) is 36.3 Å². The van der Waals surface area contributed by atoms with E-state index in [-0.39, 0.29) is 43.9 Å². The van der Waals surface area contributed by atoms with Crippen molar-refractivity contribution in [2.45, 2.75) is 122 Å². The van der Waals surface area contributed by atoms with E-state index >= 15 is 0 Å². The molecular formula is C38H63N11O9S. The average Bonchev–Trinajstić information content (AvgIpc) is 3.90. The molecule has 2 aromatic heterocycles. The van der Waals surface area contributed by atoms with Gasteiger partial charge in [-0.3, -0.25) is 28.8 Å². The molecule has 0 aromatic carbocycles. The predicted molar refractivity (Wildman–Crippen MR) is 220 cm³/mol. The highest BCUT2D eigenvalue weighted by molar-refractivity contribution is 7.98. The smallest absolute Gasteiger partial charge is 0.326 e. The van der Waals surface area contributed by atoms with E-state index in [0.717, 1.165) is 0 Å². The van der Waals surface area contributed by atoms with E-state index in [4.69, 9.17) is 5.73 Å². The summed E-state index contributed by atoms with van der Waals surface area (Å²) in [6.07, 6.45) is 8.55. The molecule has 0 aliphatic carbocycles. The molecule has 0 aliphatic heterocycles. The van der Waals surface area contributed by atoms with Crippen LogP contribution in [-0.2, 0) is 46.4 Å². The number of rotatable bonds is 27. The maximum absolute atomic E-state index is 14.0. The Hall–Kier alpha value is -5.02. The molecule has 20 nitrogen and oxygen atoms in total. The zero-order valence-corrected chi connectivity index (χ0v) is 35.7. The van der Waals surface area contributed by atoms with Crippen molar-refractivity contribution in [3.8, 4) is 0 Å². The fourth-order valence-corrected chi connectivity index (χ4v) is 6.43. The van der Waals surface area contributed by atoms with Gasteiger partial charge >= 0.3 is 5.97 Å². The summed E-state index contributed by atoms with van der Waals surface area (Å²) in [6.45, 7) is 9.97. The number of carbonyl (C=O) groups excluding carboxylic acids is 6. The molecule has 0 spiro atoms. The van der Waals surface area contributed by atoms with Gasteiger partial charge in [-0.1, -0.05) is 48.0 Å². The fourth-order valence-electron chi connectivity index (χ4n) is 5.96. The highest BCUT2D eigenvalue weighted by Gasteiger charge is 2.35. The maximum atomic E-state index is 14.0. The molecule has 6 amide bonds. The molecule has 0 aliphatic rings. The van der Waals surface area contributed by atoms with Crippen molar-refractivity contribution in [2.24, 2.45) is 23.5 Å². The Balaban J connectivity index is 2.28. The Bertz CT molecular complexity index is 1640. The number of hydrogen-bond acceptors (Lipinski definition) is 12. The van der Waals surface area contributed by atoms with Crippen LogP contribution in [0.4, 0.5) is 0 Å². The number of aliphatic hydroxyl groups excluding tert-OH is 1. The molecule has 0 radical (unpaired) electrons. The molecule has 0 unspecified atom stereocenters. The van der Waals surface area contributed by atoms with E-state index in [1.165, 1.54) is 36.8 Å². The number of nitrogens with zero attached hydrogens (tertiary/aromatic N) is 2. The van der Waals surface area contributed by atoms with E-state index in [2.05, 4.69) is 51.8 Å². The Labute approximate surface area is 349 Å². The van der Waals surface area contributed by atoms with Crippen molar-refractivity contribution in [2.75, 3.05) is 18.6 Å². The Morgan fingerprint density at radius 1 is 0.678 bits per heavy atom. The molecule has 21 heteroatoms. The summed E-state index contributed by atoms with van der Waals surface area (Å²) in [5, 5.41) is 35.5. The number of nitrogens with one attached hydrogen (secondary N) is 8. The third kappa shape index (κ3) is 17.4. The first-order valence-electron chi connectivity index (χ1n) is 19.7. The van der Waals surface area contributed by atoms with E-state index in [1.807, 2.05) is 40.9 Å². The second kappa shape index (κ2) is 25.5. The molecule has 0 bridgehead atoms. The predicted octanol–water partition coefficient (Wildman–Crippen LogP) is -0.878. The number of H-pyrrole nitrogens is 2. The van der Waals surface area contributed by atoms with Gasteiger partial charge in [-0.05, 0) is 49.0 Å². The minimum Gasteiger partial charge on any atom is -0.480 e. The number of aromatic nitrogens is 4. The highest BCUT2D eigenvalue weighted by atomic mass is 32.2. The van der Waals surface area contributed by atoms with Crippen LogP contribution in [0.25, 0.3) is 0 Å². The van der Waals surface area contributed by atoms with Gasteiger partial charge < -0.3 is 57.8 Å². The van der Waals surface area contributed by atoms with E-state index in [0.29, 0.717) is 23.6 Å². The van der Waals surface area contributed by atoms with Crippen LogP contribution in [-0.4, -0.2) is 132 Å². The number of nitrogens with two attached hydrogens (primary N) is 1. The lowest BCUT2D eigenvalue weighted by molar-refractivity contribution is -0.142. The zero-order chi connectivity index (χ0) is 44.2. The van der Waals surface area contributed by atoms with Crippen molar-refractivity contribution in [3.63, 3.8) is 0 Å². The average molecular weight is 850 g/mol. The van der Waals surface area contributed by atoms with Crippen LogP contribution in [0.15, 0.2) is 25.0 Å². The van der Waals surface area contributed by atoms with Crippen molar-refractivity contribution < 1.29 is 43.8 Å². The molecule has 2 rings (SSSR count). The van der Waals surface area contributed by atoms with Gasteiger partial charge in [-0.2, -0.15) is 11.8 Å². The molecule has 0 saturated carbocycles. The van der Waals surface area contributed by atoms with Gasteiger partial charge in [0.15, 0.2) is 0 Å². The highest BCUT2D eigenvalue weighted by Crippen LogP contribution is 2.12. The molecule has 0 saturated heterocycles. The Morgan fingerprint density at radius 3 is 1.66 bits per heavy atom. The molecule has 0 fully saturated rings. The normalized spacial score (nSPS) is 15.4. The van der Waals surface area contributed by atoms with Crippen LogP contribution in [0.2, 0.25) is 0 Å². The van der Waals surface area contributed by atoms with Crippen LogP contribution in [0.5, 0.6) is 0 Å². The second-order valence-corrected chi connectivity index (χ2v) is 16.4. The lowest BCUT2D eigenvalue weighted by atomic mass is 9.97. The summed E-state index contributed by atoms with van der Waals surface area (Å²) in [6, 6.07) is -8.53. The first-order valence-corrected chi connectivity index (χ1v) is 21.1. The van der Waals surface area contributed by atoms with Crippen LogP contribution in [0.3, 0.4) is 0 Å². The van der Waals surface area contributed by atoms with Gasteiger partial charge in [0.25, 0.3) is 0 Å². The summed E-state index contributed by atoms with van der Waals surface area (Å²) in [5.74, 6) is -5.78. The third-order valence-corrected chi connectivity index (χ3v) is 10.1. The number of imidazole rings is 2. The number of carbonyl (C=O) groups is 7. The quantitative estimate of drug-likeness (QED) is 0.0521. The van der Waals surface area contributed by atoms with E-state index in [9.17, 15) is 43.8 Å². The van der Waals surface area contributed by atoms with Gasteiger partial charge in [0.05, 0.1) is 25.3 Å².